The predicted molar refractivity (Wildman–Crippen MR) is 125 cm³/mol. The van der Waals surface area contributed by atoms with E-state index < -0.39 is 12.0 Å². The number of imide groups is 1. The van der Waals surface area contributed by atoms with E-state index in [1.807, 2.05) is 42.5 Å². The van der Waals surface area contributed by atoms with Crippen molar-refractivity contribution in [3.05, 3.63) is 90.0 Å². The first-order valence-corrected chi connectivity index (χ1v) is 10.6. The first-order valence-electron chi connectivity index (χ1n) is 10.6. The zero-order valence-corrected chi connectivity index (χ0v) is 18.1. The smallest absolute Gasteiger partial charge is 0.259 e. The molecule has 2 unspecified atom stereocenters. The van der Waals surface area contributed by atoms with Crippen LogP contribution in [0.3, 0.4) is 0 Å². The normalized spacial score (nSPS) is 19.5. The van der Waals surface area contributed by atoms with Crippen molar-refractivity contribution in [3.63, 3.8) is 0 Å². The molecule has 7 heteroatoms. The second-order valence-corrected chi connectivity index (χ2v) is 7.93. The number of hydrazone groups is 1. The number of hydrogen-bond donors (Lipinski definition) is 0. The van der Waals surface area contributed by atoms with Crippen LogP contribution in [0.4, 0.5) is 11.4 Å². The fourth-order valence-corrected chi connectivity index (χ4v) is 4.31. The van der Waals surface area contributed by atoms with Crippen molar-refractivity contribution >= 4 is 34.7 Å². The van der Waals surface area contributed by atoms with E-state index >= 15 is 0 Å². The molecule has 1 fully saturated rings. The van der Waals surface area contributed by atoms with Crippen molar-refractivity contribution < 1.29 is 19.1 Å². The van der Waals surface area contributed by atoms with Crippen LogP contribution in [0.15, 0.2) is 84.0 Å². The number of carbonyl (C=O) groups is 3. The van der Waals surface area contributed by atoms with Gasteiger partial charge in [-0.1, -0.05) is 18.2 Å². The van der Waals surface area contributed by atoms with Gasteiger partial charge in [-0.05, 0) is 73.2 Å². The molecule has 0 spiro atoms. The third-order valence-electron chi connectivity index (χ3n) is 5.99. The quantitative estimate of drug-likeness (QED) is 0.448. The predicted octanol–water partition coefficient (Wildman–Crippen LogP) is 3.68. The average Bonchev–Trinajstić information content (AvgIpc) is 3.36. The summed E-state index contributed by atoms with van der Waals surface area (Å²) in [6.07, 6.45) is 0. The van der Waals surface area contributed by atoms with Gasteiger partial charge in [-0.15, -0.1) is 0 Å². The molecule has 0 bridgehead atoms. The summed E-state index contributed by atoms with van der Waals surface area (Å²) >= 11 is 0. The molecule has 5 rings (SSSR count). The minimum Gasteiger partial charge on any atom is -0.497 e. The highest BCUT2D eigenvalue weighted by Crippen LogP contribution is 2.39. The van der Waals surface area contributed by atoms with E-state index in [0.717, 1.165) is 11.3 Å². The van der Waals surface area contributed by atoms with Gasteiger partial charge >= 0.3 is 0 Å². The maximum atomic E-state index is 13.6. The Morgan fingerprint density at radius 3 is 2.12 bits per heavy atom. The van der Waals surface area contributed by atoms with Crippen LogP contribution in [0.5, 0.6) is 5.75 Å². The van der Waals surface area contributed by atoms with Gasteiger partial charge in [-0.25, -0.2) is 4.90 Å². The zero-order valence-electron chi connectivity index (χ0n) is 18.1. The summed E-state index contributed by atoms with van der Waals surface area (Å²) in [7, 11) is 1.59. The summed E-state index contributed by atoms with van der Waals surface area (Å²) in [5.74, 6) is -0.833. The highest BCUT2D eigenvalue weighted by molar-refractivity contribution is 6.34. The van der Waals surface area contributed by atoms with Gasteiger partial charge in [0.1, 0.15) is 17.7 Å². The van der Waals surface area contributed by atoms with Gasteiger partial charge in [0.15, 0.2) is 5.78 Å². The number of hydrogen-bond acceptors (Lipinski definition) is 6. The second kappa shape index (κ2) is 8.02. The van der Waals surface area contributed by atoms with E-state index in [1.54, 1.807) is 48.5 Å². The number of ether oxygens (including phenoxy) is 1. The largest absolute Gasteiger partial charge is 0.497 e. The maximum absolute atomic E-state index is 13.6. The molecule has 3 aromatic carbocycles. The molecule has 7 nitrogen and oxygen atoms in total. The Labute approximate surface area is 190 Å². The Hall–Kier alpha value is -4.26. The van der Waals surface area contributed by atoms with Crippen LogP contribution in [-0.2, 0) is 9.59 Å². The third-order valence-corrected chi connectivity index (χ3v) is 5.99. The zero-order chi connectivity index (χ0) is 23.1. The van der Waals surface area contributed by atoms with Crippen molar-refractivity contribution in [2.24, 2.45) is 11.0 Å². The van der Waals surface area contributed by atoms with Gasteiger partial charge in [-0.3, -0.25) is 19.4 Å². The van der Waals surface area contributed by atoms with Crippen LogP contribution in [0.2, 0.25) is 0 Å². The second-order valence-electron chi connectivity index (χ2n) is 7.93. The number of rotatable bonds is 5. The van der Waals surface area contributed by atoms with Crippen LogP contribution in [0.25, 0.3) is 0 Å². The first kappa shape index (κ1) is 20.6. The minimum atomic E-state index is -0.788. The Morgan fingerprint density at radius 2 is 1.52 bits per heavy atom. The van der Waals surface area contributed by atoms with Crippen molar-refractivity contribution in [1.29, 1.82) is 0 Å². The molecule has 0 radical (unpaired) electrons. The molecule has 33 heavy (non-hydrogen) atoms. The number of carbonyl (C=O) groups excluding carboxylic acids is 3. The minimum absolute atomic E-state index is 0.0818. The number of benzene rings is 3. The van der Waals surface area contributed by atoms with E-state index in [4.69, 9.17) is 9.84 Å². The van der Waals surface area contributed by atoms with Crippen molar-refractivity contribution in [2.45, 2.75) is 13.0 Å². The lowest BCUT2D eigenvalue weighted by molar-refractivity contribution is -0.121. The van der Waals surface area contributed by atoms with E-state index in [1.165, 1.54) is 11.8 Å². The molecule has 2 heterocycles. The summed E-state index contributed by atoms with van der Waals surface area (Å²) in [6, 6.07) is 22.3. The van der Waals surface area contributed by atoms with Gasteiger partial charge in [-0.2, -0.15) is 5.10 Å². The average molecular weight is 439 g/mol. The summed E-state index contributed by atoms with van der Waals surface area (Å²) in [5, 5.41) is 6.36. The number of para-hydroxylation sites is 1. The monoisotopic (exact) mass is 439 g/mol. The molecule has 2 amide bonds. The van der Waals surface area contributed by atoms with Crippen molar-refractivity contribution in [3.8, 4) is 5.75 Å². The molecule has 0 aromatic heterocycles. The number of ketones is 1. The Balaban J connectivity index is 1.58. The first-order chi connectivity index (χ1) is 16.0. The summed E-state index contributed by atoms with van der Waals surface area (Å²) in [6.45, 7) is 1.47. The fourth-order valence-electron chi connectivity index (χ4n) is 4.31. The Kier molecular flexibility index (Phi) is 5.01. The highest BCUT2D eigenvalue weighted by atomic mass is 16.5. The summed E-state index contributed by atoms with van der Waals surface area (Å²) in [4.78, 5) is 40.0. The molecule has 2 aliphatic heterocycles. The van der Waals surface area contributed by atoms with E-state index in [2.05, 4.69) is 0 Å². The molecule has 0 N–H and O–H groups in total. The van der Waals surface area contributed by atoms with Crippen LogP contribution in [0.1, 0.15) is 22.8 Å². The lowest BCUT2D eigenvalue weighted by Crippen LogP contribution is -2.39. The highest BCUT2D eigenvalue weighted by Gasteiger charge is 2.57. The molecule has 0 aliphatic carbocycles. The van der Waals surface area contributed by atoms with Gasteiger partial charge in [0.2, 0.25) is 5.91 Å². The Bertz CT molecular complexity index is 1270. The lowest BCUT2D eigenvalue weighted by Gasteiger charge is -2.22. The number of methoxy groups -OCH3 is 1. The van der Waals surface area contributed by atoms with Crippen LogP contribution in [0, 0.1) is 5.92 Å². The lowest BCUT2D eigenvalue weighted by atomic mass is 9.92. The number of anilines is 2. The van der Waals surface area contributed by atoms with Gasteiger partial charge in [0.25, 0.3) is 5.91 Å². The van der Waals surface area contributed by atoms with Gasteiger partial charge in [0.05, 0.1) is 24.2 Å². The standard InChI is InChI=1S/C26H21N3O4/c1-16(30)17-8-12-19(13-9-17)28-25(31)22-23(18-10-14-21(33-2)15-11-18)27-29(24(22)26(28)32)20-6-4-3-5-7-20/h3-15,22,24H,1-2H3. The molecule has 1 saturated heterocycles. The van der Waals surface area contributed by atoms with Crippen LogP contribution < -0.4 is 14.6 Å². The van der Waals surface area contributed by atoms with Crippen LogP contribution in [-0.4, -0.2) is 36.5 Å². The topological polar surface area (TPSA) is 79.3 Å². The number of amides is 2. The van der Waals surface area contributed by atoms with Gasteiger partial charge in [0, 0.05) is 5.56 Å². The molecule has 164 valence electrons. The van der Waals surface area contributed by atoms with E-state index in [9.17, 15) is 14.4 Å². The van der Waals surface area contributed by atoms with Gasteiger partial charge < -0.3 is 4.74 Å². The SMILES string of the molecule is COc1ccc(C2=NN(c3ccccc3)C3C(=O)N(c4ccc(C(C)=O)cc4)C(=O)C23)cc1. The molecule has 0 saturated carbocycles. The molecular weight excluding hydrogens is 418 g/mol. The third kappa shape index (κ3) is 3.38. The molecule has 3 aromatic rings. The Morgan fingerprint density at radius 1 is 0.848 bits per heavy atom. The maximum Gasteiger partial charge on any atom is 0.259 e. The molecule has 2 aliphatic rings. The van der Waals surface area contributed by atoms with Crippen LogP contribution >= 0.6 is 0 Å². The number of nitrogens with zero attached hydrogens (tertiary/aromatic N) is 3. The summed E-state index contributed by atoms with van der Waals surface area (Å²) in [5.41, 5.74) is 2.97. The number of Topliss-reactive ketones (excluding diaryl/α,β-unsaturated/α-hetero) is 1. The number of fused-ring (bicyclic) bond motifs is 1. The van der Waals surface area contributed by atoms with E-state index in [0.29, 0.717) is 22.7 Å². The summed E-state index contributed by atoms with van der Waals surface area (Å²) < 4.78 is 5.24. The van der Waals surface area contributed by atoms with Crippen molar-refractivity contribution in [2.75, 3.05) is 17.0 Å². The molecular formula is C26H21N3O4. The fraction of sp³-hybridized carbons (Fsp3) is 0.154. The molecule has 2 atom stereocenters. The van der Waals surface area contributed by atoms with Crippen molar-refractivity contribution in [1.82, 2.24) is 0 Å². The van der Waals surface area contributed by atoms with E-state index in [-0.39, 0.29) is 17.6 Å².